The van der Waals surface area contributed by atoms with Gasteiger partial charge in [0.25, 0.3) is 4.90 Å². The third-order valence-corrected chi connectivity index (χ3v) is 6.77. The number of hydrogen-bond acceptors (Lipinski definition) is 6. The molecule has 10 nitrogen and oxygen atoms in total. The molecule has 0 radical (unpaired) electrons. The predicted octanol–water partition coefficient (Wildman–Crippen LogP) is -2.59. The Bertz CT molecular complexity index is 329. The van der Waals surface area contributed by atoms with Gasteiger partial charge in [0.1, 0.15) is 0 Å². The smallest absolute Gasteiger partial charge is 0.342 e. The van der Waals surface area contributed by atoms with E-state index in [0.717, 1.165) is 0 Å². The van der Waals surface area contributed by atoms with Crippen molar-refractivity contribution in [2.45, 2.75) is 23.7 Å². The number of aliphatic hydroxyl groups is 3. The molecule has 0 rings (SSSR count). The van der Waals surface area contributed by atoms with Gasteiger partial charge in [-0.05, 0) is 19.4 Å². The first-order valence-electron chi connectivity index (χ1n) is 4.29. The summed E-state index contributed by atoms with van der Waals surface area (Å²) in [5, 5.41) is 26.7. The lowest BCUT2D eigenvalue weighted by Crippen LogP contribution is -2.53. The number of nitrogens with two attached hydrogens (primary N) is 1. The fraction of sp³-hybridized carbons (Fsp3) is 1.00. The van der Waals surface area contributed by atoms with E-state index >= 15 is 0 Å². The van der Waals surface area contributed by atoms with Gasteiger partial charge in [-0.2, -0.15) is 0 Å². The van der Waals surface area contributed by atoms with Crippen LogP contribution in [0.2, 0.25) is 0 Å². The molecule has 12 heteroatoms. The molecule has 0 fully saturated rings. The molecule has 0 atom stereocenters. The minimum atomic E-state index is -5.75. The van der Waals surface area contributed by atoms with E-state index in [0.29, 0.717) is 0 Å². The lowest BCUT2D eigenvalue weighted by atomic mass is 10.2. The van der Waals surface area contributed by atoms with Gasteiger partial charge in [0.15, 0.2) is 0 Å². The van der Waals surface area contributed by atoms with Gasteiger partial charge in [-0.1, -0.05) is 0 Å². The molecule has 0 aromatic rings. The highest BCUT2D eigenvalue weighted by atomic mass is 31.2. The van der Waals surface area contributed by atoms with Gasteiger partial charge in [-0.25, -0.2) is 0 Å². The minimum Gasteiger partial charge on any atom is -0.342 e. The standard InChI is InChI=1S/C5H15NO9P2/c6-3-1-2-4(5(7,8)9,16(10,11)12)17(13,14)15/h7-9H,1-3,6H2,(H2,10,11,12)(H2,13,14,15). The van der Waals surface area contributed by atoms with Crippen LogP contribution < -0.4 is 5.73 Å². The SMILES string of the molecule is NCCCC(C(O)(O)O)(P(=O)(O)O)P(=O)(O)O. The molecule has 17 heavy (non-hydrogen) atoms. The van der Waals surface area contributed by atoms with Crippen LogP contribution in [0.5, 0.6) is 0 Å². The summed E-state index contributed by atoms with van der Waals surface area (Å²) in [7, 11) is -11.5. The Labute approximate surface area is 96.0 Å². The Morgan fingerprint density at radius 2 is 1.29 bits per heavy atom. The molecule has 0 amide bonds. The van der Waals surface area contributed by atoms with Crippen molar-refractivity contribution in [2.24, 2.45) is 5.73 Å². The largest absolute Gasteiger partial charge is 0.352 e. The number of hydrogen-bond donors (Lipinski definition) is 8. The van der Waals surface area contributed by atoms with Gasteiger partial charge in [0, 0.05) is 0 Å². The summed E-state index contributed by atoms with van der Waals surface area (Å²) in [6.07, 6.45) is -1.42. The molecule has 0 aromatic heterocycles. The maximum atomic E-state index is 11.1. The molecule has 0 aliphatic rings. The van der Waals surface area contributed by atoms with Crippen LogP contribution in [0.1, 0.15) is 12.8 Å². The van der Waals surface area contributed by atoms with Crippen LogP contribution in [0.25, 0.3) is 0 Å². The summed E-state index contributed by atoms with van der Waals surface area (Å²) >= 11 is 0. The summed E-state index contributed by atoms with van der Waals surface area (Å²) in [4.78, 5) is 32.0. The van der Waals surface area contributed by atoms with Crippen molar-refractivity contribution >= 4 is 15.2 Å². The Hall–Kier alpha value is 0.140. The Kier molecular flexibility index (Phi) is 5.06. The molecular weight excluding hydrogens is 280 g/mol. The van der Waals surface area contributed by atoms with Gasteiger partial charge in [-0.15, -0.1) is 0 Å². The van der Waals surface area contributed by atoms with E-state index in [1.165, 1.54) is 0 Å². The molecule has 0 spiro atoms. The van der Waals surface area contributed by atoms with Crippen molar-refractivity contribution in [3.05, 3.63) is 0 Å². The van der Waals surface area contributed by atoms with Crippen molar-refractivity contribution in [3.8, 4) is 0 Å². The molecule has 0 bridgehead atoms. The van der Waals surface area contributed by atoms with Crippen LogP contribution >= 0.6 is 15.2 Å². The second kappa shape index (κ2) is 5.02. The molecule has 104 valence electrons. The third kappa shape index (κ3) is 3.12. The molecular formula is C5H15NO9P2. The molecule has 0 saturated carbocycles. The maximum Gasteiger partial charge on any atom is 0.352 e. The van der Waals surface area contributed by atoms with Crippen molar-refractivity contribution in [1.29, 1.82) is 0 Å². The van der Waals surface area contributed by atoms with E-state index in [1.54, 1.807) is 0 Å². The predicted molar refractivity (Wildman–Crippen MR) is 54.5 cm³/mol. The van der Waals surface area contributed by atoms with Crippen molar-refractivity contribution in [1.82, 2.24) is 0 Å². The topological polar surface area (TPSA) is 202 Å². The highest BCUT2D eigenvalue weighted by molar-refractivity contribution is 7.72. The molecule has 0 saturated heterocycles. The quantitative estimate of drug-likeness (QED) is 0.190. The molecule has 9 N–H and O–H groups in total. The monoisotopic (exact) mass is 295 g/mol. The van der Waals surface area contributed by atoms with E-state index < -0.39 is 32.5 Å². The van der Waals surface area contributed by atoms with Gasteiger partial charge in [0.05, 0.1) is 0 Å². The minimum absolute atomic E-state index is 0.224. The molecule has 0 aliphatic heterocycles. The van der Waals surface area contributed by atoms with Gasteiger partial charge < -0.3 is 40.6 Å². The first-order valence-corrected chi connectivity index (χ1v) is 7.52. The van der Waals surface area contributed by atoms with E-state index in [-0.39, 0.29) is 13.0 Å². The second-order valence-electron chi connectivity index (χ2n) is 3.43. The number of rotatable bonds is 6. The zero-order chi connectivity index (χ0) is 14.1. The van der Waals surface area contributed by atoms with Crippen molar-refractivity contribution in [3.63, 3.8) is 0 Å². The van der Waals surface area contributed by atoms with Crippen LogP contribution in [0.4, 0.5) is 0 Å². The van der Waals surface area contributed by atoms with Crippen LogP contribution in [0.15, 0.2) is 0 Å². The van der Waals surface area contributed by atoms with Gasteiger partial charge in [-0.3, -0.25) is 9.13 Å². The van der Waals surface area contributed by atoms with Crippen LogP contribution in [0, 0.1) is 0 Å². The second-order valence-corrected chi connectivity index (χ2v) is 7.49. The summed E-state index contributed by atoms with van der Waals surface area (Å²) in [5.74, 6) is -4.25. The Morgan fingerprint density at radius 3 is 1.47 bits per heavy atom. The summed E-state index contributed by atoms with van der Waals surface area (Å²) in [6, 6.07) is 0. The van der Waals surface area contributed by atoms with Crippen LogP contribution in [0.3, 0.4) is 0 Å². The Morgan fingerprint density at radius 1 is 0.941 bits per heavy atom. The van der Waals surface area contributed by atoms with E-state index in [1.807, 2.05) is 0 Å². The normalized spacial score (nSPS) is 15.1. The van der Waals surface area contributed by atoms with Gasteiger partial charge >= 0.3 is 21.2 Å². The fourth-order valence-electron chi connectivity index (χ4n) is 1.37. The zero-order valence-corrected chi connectivity index (χ0v) is 10.3. The zero-order valence-electron chi connectivity index (χ0n) is 8.54. The van der Waals surface area contributed by atoms with Crippen molar-refractivity contribution in [2.75, 3.05) is 6.54 Å². The summed E-state index contributed by atoms with van der Waals surface area (Å²) in [6.45, 7) is -0.224. The molecule has 0 heterocycles. The molecule has 0 aliphatic carbocycles. The summed E-state index contributed by atoms with van der Waals surface area (Å²) in [5.41, 5.74) is 5.01. The van der Waals surface area contributed by atoms with Crippen LogP contribution in [-0.2, 0) is 9.13 Å². The lowest BCUT2D eigenvalue weighted by Gasteiger charge is -2.39. The highest BCUT2D eigenvalue weighted by Crippen LogP contribution is 2.73. The maximum absolute atomic E-state index is 11.1. The van der Waals surface area contributed by atoms with Gasteiger partial charge in [0.2, 0.25) is 0 Å². The summed E-state index contributed by atoms with van der Waals surface area (Å²) < 4.78 is 22.3. The average molecular weight is 295 g/mol. The first kappa shape index (κ1) is 17.1. The van der Waals surface area contributed by atoms with E-state index in [2.05, 4.69) is 0 Å². The van der Waals surface area contributed by atoms with Crippen molar-refractivity contribution < 1.29 is 44.0 Å². The molecule has 0 unspecified atom stereocenters. The Balaban J connectivity index is 5.94. The fourth-order valence-corrected chi connectivity index (χ4v) is 4.41. The average Bonchev–Trinajstić information content (AvgIpc) is 1.96. The third-order valence-electron chi connectivity index (χ3n) is 2.23. The van der Waals surface area contributed by atoms with Crippen LogP contribution in [-0.4, -0.2) is 52.3 Å². The molecule has 0 aromatic carbocycles. The first-order chi connectivity index (χ1) is 7.31. The highest BCUT2D eigenvalue weighted by Gasteiger charge is 2.71. The van der Waals surface area contributed by atoms with E-state index in [9.17, 15) is 9.13 Å². The van der Waals surface area contributed by atoms with E-state index in [4.69, 9.17) is 40.6 Å². The lowest BCUT2D eigenvalue weighted by molar-refractivity contribution is -0.323.